The van der Waals surface area contributed by atoms with Gasteiger partial charge in [0.1, 0.15) is 11.6 Å². The number of hydrogen-bond acceptors (Lipinski definition) is 5. The molecule has 0 amide bonds. The quantitative estimate of drug-likeness (QED) is 0.692. The number of nitrogens with zero attached hydrogens (tertiary/aromatic N) is 1. The van der Waals surface area contributed by atoms with Gasteiger partial charge in [0.25, 0.3) is 0 Å². The van der Waals surface area contributed by atoms with E-state index in [0.717, 1.165) is 10.6 Å². The molecule has 0 saturated heterocycles. The van der Waals surface area contributed by atoms with Crippen LogP contribution in [-0.2, 0) is 16.1 Å². The van der Waals surface area contributed by atoms with E-state index in [1.54, 1.807) is 36.4 Å². The number of esters is 1. The van der Waals surface area contributed by atoms with Crippen LogP contribution in [0.1, 0.15) is 17.4 Å². The van der Waals surface area contributed by atoms with Gasteiger partial charge in [-0.3, -0.25) is 0 Å². The summed E-state index contributed by atoms with van der Waals surface area (Å²) in [7, 11) is 0. The monoisotopic (exact) mass is 359 g/mol. The molecule has 0 spiro atoms. The number of hydrogen-bond donors (Lipinski definition) is 1. The zero-order chi connectivity index (χ0) is 16.9. The first-order valence-electron chi connectivity index (χ1n) is 7.23. The van der Waals surface area contributed by atoms with Crippen LogP contribution in [0.4, 0.5) is 0 Å². The third-order valence-electron chi connectivity index (χ3n) is 3.34. The summed E-state index contributed by atoms with van der Waals surface area (Å²) < 4.78 is 5.15. The Labute approximate surface area is 148 Å². The average Bonchev–Trinajstić information content (AvgIpc) is 3.09. The Hall–Kier alpha value is -2.21. The molecule has 0 unspecified atom stereocenters. The van der Waals surface area contributed by atoms with Gasteiger partial charge >= 0.3 is 5.97 Å². The highest BCUT2D eigenvalue weighted by Crippen LogP contribution is 2.25. The molecule has 0 aliphatic heterocycles. The van der Waals surface area contributed by atoms with E-state index in [1.807, 2.05) is 23.6 Å². The van der Waals surface area contributed by atoms with Gasteiger partial charge in [-0.05, 0) is 17.7 Å². The Morgan fingerprint density at radius 2 is 1.88 bits per heavy atom. The molecule has 0 radical (unpaired) electrons. The molecule has 122 valence electrons. The van der Waals surface area contributed by atoms with Crippen molar-refractivity contribution in [2.24, 2.45) is 0 Å². The van der Waals surface area contributed by atoms with Gasteiger partial charge in [0, 0.05) is 16.0 Å². The van der Waals surface area contributed by atoms with E-state index in [2.05, 4.69) is 4.98 Å². The normalized spacial score (nSPS) is 11.9. The van der Waals surface area contributed by atoms with Gasteiger partial charge in [-0.1, -0.05) is 54.1 Å². The van der Waals surface area contributed by atoms with Crippen molar-refractivity contribution in [1.82, 2.24) is 4.98 Å². The lowest BCUT2D eigenvalue weighted by molar-refractivity contribution is -0.155. The summed E-state index contributed by atoms with van der Waals surface area (Å²) in [6.07, 6.45) is -1.29. The first-order chi connectivity index (χ1) is 11.6. The highest BCUT2D eigenvalue weighted by atomic mass is 35.5. The largest absolute Gasteiger partial charge is 0.457 e. The van der Waals surface area contributed by atoms with Crippen molar-refractivity contribution in [1.29, 1.82) is 0 Å². The Bertz CT molecular complexity index is 818. The molecular formula is C18H14ClNO3S. The van der Waals surface area contributed by atoms with Crippen molar-refractivity contribution in [2.45, 2.75) is 12.7 Å². The summed E-state index contributed by atoms with van der Waals surface area (Å²) >= 11 is 7.33. The third-order valence-corrected chi connectivity index (χ3v) is 4.54. The number of benzene rings is 2. The minimum Gasteiger partial charge on any atom is -0.457 e. The molecular weight excluding hydrogens is 346 g/mol. The minimum absolute atomic E-state index is 0.0207. The van der Waals surface area contributed by atoms with Crippen LogP contribution in [0.2, 0.25) is 5.02 Å². The van der Waals surface area contributed by atoms with E-state index in [-0.39, 0.29) is 6.61 Å². The van der Waals surface area contributed by atoms with Crippen LogP contribution < -0.4 is 0 Å². The van der Waals surface area contributed by atoms with Gasteiger partial charge in [0.2, 0.25) is 0 Å². The lowest BCUT2D eigenvalue weighted by Gasteiger charge is -2.09. The second-order valence-electron chi connectivity index (χ2n) is 5.07. The van der Waals surface area contributed by atoms with Crippen molar-refractivity contribution >= 4 is 28.9 Å². The molecule has 4 nitrogen and oxygen atoms in total. The van der Waals surface area contributed by atoms with E-state index in [1.165, 1.54) is 11.3 Å². The van der Waals surface area contributed by atoms with Crippen molar-refractivity contribution in [2.75, 3.05) is 0 Å². The Balaban J connectivity index is 1.61. The fourth-order valence-electron chi connectivity index (χ4n) is 2.09. The smallest absolute Gasteiger partial charge is 0.340 e. The molecule has 0 fully saturated rings. The lowest BCUT2D eigenvalue weighted by Crippen LogP contribution is -2.15. The van der Waals surface area contributed by atoms with Crippen LogP contribution in [0.5, 0.6) is 0 Å². The Morgan fingerprint density at radius 3 is 2.58 bits per heavy atom. The van der Waals surface area contributed by atoms with E-state index in [4.69, 9.17) is 16.3 Å². The fraction of sp³-hybridized carbons (Fsp3) is 0.111. The minimum atomic E-state index is -1.29. The van der Waals surface area contributed by atoms with Crippen LogP contribution in [0.15, 0.2) is 60.0 Å². The Kier molecular flexibility index (Phi) is 5.25. The van der Waals surface area contributed by atoms with Gasteiger partial charge in [-0.2, -0.15) is 0 Å². The van der Waals surface area contributed by atoms with Gasteiger partial charge < -0.3 is 9.84 Å². The van der Waals surface area contributed by atoms with Gasteiger partial charge in [0.05, 0.1) is 5.69 Å². The molecule has 24 heavy (non-hydrogen) atoms. The summed E-state index contributed by atoms with van der Waals surface area (Å²) in [6.45, 7) is 0.0207. The van der Waals surface area contributed by atoms with Crippen molar-refractivity contribution in [3.05, 3.63) is 76.3 Å². The van der Waals surface area contributed by atoms with E-state index < -0.39 is 12.1 Å². The fourth-order valence-corrected chi connectivity index (χ4v) is 3.03. The van der Waals surface area contributed by atoms with E-state index in [0.29, 0.717) is 16.3 Å². The van der Waals surface area contributed by atoms with Crippen LogP contribution in [-0.4, -0.2) is 16.1 Å². The summed E-state index contributed by atoms with van der Waals surface area (Å²) in [5, 5.41) is 13.3. The molecule has 0 aliphatic carbocycles. The SMILES string of the molecule is O=C(OCc1csc(-c2ccc(Cl)cc2)n1)[C@@H](O)c1ccccc1. The van der Waals surface area contributed by atoms with Gasteiger partial charge in [0.15, 0.2) is 6.10 Å². The maximum atomic E-state index is 11.9. The number of carbonyl (C=O) groups excluding carboxylic acids is 1. The summed E-state index contributed by atoms with van der Waals surface area (Å²) in [5.74, 6) is -0.692. The van der Waals surface area contributed by atoms with Crippen LogP contribution in [0, 0.1) is 0 Å². The van der Waals surface area contributed by atoms with E-state index in [9.17, 15) is 9.90 Å². The summed E-state index contributed by atoms with van der Waals surface area (Å²) in [4.78, 5) is 16.4. The molecule has 3 rings (SSSR count). The number of halogens is 1. The number of ether oxygens (including phenoxy) is 1. The second kappa shape index (κ2) is 7.57. The highest BCUT2D eigenvalue weighted by molar-refractivity contribution is 7.13. The predicted molar refractivity (Wildman–Crippen MR) is 93.8 cm³/mol. The van der Waals surface area contributed by atoms with Crippen LogP contribution in [0.3, 0.4) is 0 Å². The molecule has 1 atom stereocenters. The maximum absolute atomic E-state index is 11.9. The number of aliphatic hydroxyl groups excluding tert-OH is 1. The van der Waals surface area contributed by atoms with Gasteiger partial charge in [-0.25, -0.2) is 9.78 Å². The summed E-state index contributed by atoms with van der Waals surface area (Å²) in [5.41, 5.74) is 2.09. The van der Waals surface area contributed by atoms with Crippen LogP contribution in [0.25, 0.3) is 10.6 Å². The molecule has 0 aliphatic rings. The molecule has 0 bridgehead atoms. The molecule has 3 aromatic rings. The zero-order valence-corrected chi connectivity index (χ0v) is 14.1. The van der Waals surface area contributed by atoms with Crippen molar-refractivity contribution in [3.63, 3.8) is 0 Å². The van der Waals surface area contributed by atoms with E-state index >= 15 is 0 Å². The number of thiazole rings is 1. The number of rotatable bonds is 5. The number of carbonyl (C=O) groups is 1. The standard InChI is InChI=1S/C18H14ClNO3S/c19-14-8-6-13(7-9-14)17-20-15(11-24-17)10-23-18(22)16(21)12-4-2-1-3-5-12/h1-9,11,16,21H,10H2/t16-/m0/s1. The van der Waals surface area contributed by atoms with Gasteiger partial charge in [-0.15, -0.1) is 11.3 Å². The molecule has 1 heterocycles. The average molecular weight is 360 g/mol. The maximum Gasteiger partial charge on any atom is 0.340 e. The number of aromatic nitrogens is 1. The summed E-state index contributed by atoms with van der Waals surface area (Å²) in [6, 6.07) is 16.0. The molecule has 1 aromatic heterocycles. The topological polar surface area (TPSA) is 59.4 Å². The molecule has 0 saturated carbocycles. The highest BCUT2D eigenvalue weighted by Gasteiger charge is 2.19. The molecule has 2 aromatic carbocycles. The first kappa shape index (κ1) is 16.6. The second-order valence-corrected chi connectivity index (χ2v) is 6.37. The third kappa shape index (κ3) is 4.00. The zero-order valence-electron chi connectivity index (χ0n) is 12.6. The predicted octanol–water partition coefficient (Wildman–Crippen LogP) is 4.24. The lowest BCUT2D eigenvalue weighted by atomic mass is 10.1. The number of aliphatic hydroxyl groups is 1. The van der Waals surface area contributed by atoms with Crippen LogP contribution >= 0.6 is 22.9 Å². The van der Waals surface area contributed by atoms with Crippen molar-refractivity contribution in [3.8, 4) is 10.6 Å². The Morgan fingerprint density at radius 1 is 1.17 bits per heavy atom. The first-order valence-corrected chi connectivity index (χ1v) is 8.49. The van der Waals surface area contributed by atoms with Crippen molar-refractivity contribution < 1.29 is 14.6 Å². The molecule has 6 heteroatoms. The molecule has 1 N–H and O–H groups in total.